The minimum absolute atomic E-state index is 0.425. The van der Waals surface area contributed by atoms with E-state index >= 15 is 0 Å². The Kier molecular flexibility index (Phi) is 3.05. The zero-order chi connectivity index (χ0) is 11.4. The topological polar surface area (TPSA) is 66.0 Å². The van der Waals surface area contributed by atoms with E-state index in [1.165, 1.54) is 0 Å². The Labute approximate surface area is 93.9 Å². The number of anilines is 1. The van der Waals surface area contributed by atoms with E-state index in [-0.39, 0.29) is 0 Å². The molecule has 0 radical (unpaired) electrons. The third kappa shape index (κ3) is 2.50. The van der Waals surface area contributed by atoms with E-state index in [4.69, 9.17) is 10.5 Å². The van der Waals surface area contributed by atoms with Crippen molar-refractivity contribution < 1.29 is 4.74 Å². The summed E-state index contributed by atoms with van der Waals surface area (Å²) in [6.45, 7) is 0.571. The summed E-state index contributed by atoms with van der Waals surface area (Å²) < 4.78 is 7.30. The smallest absolute Gasteiger partial charge is 0.166 e. The number of nitrogen functional groups attached to an aromatic ring is 1. The molecule has 16 heavy (non-hydrogen) atoms. The summed E-state index contributed by atoms with van der Waals surface area (Å²) in [7, 11) is 1.89. The molecular weight excluding hydrogens is 204 g/mol. The number of aryl methyl sites for hydroxylation is 1. The zero-order valence-corrected chi connectivity index (χ0v) is 9.13. The average Bonchev–Trinajstić information content (AvgIpc) is 2.67. The van der Waals surface area contributed by atoms with E-state index in [2.05, 4.69) is 10.1 Å². The molecule has 2 rings (SSSR count). The maximum atomic E-state index is 5.65. The van der Waals surface area contributed by atoms with Crippen molar-refractivity contribution in [2.24, 2.45) is 7.05 Å². The van der Waals surface area contributed by atoms with Crippen molar-refractivity contribution in [3.63, 3.8) is 0 Å². The molecule has 0 saturated heterocycles. The molecule has 0 aliphatic rings. The van der Waals surface area contributed by atoms with Gasteiger partial charge < -0.3 is 10.5 Å². The largest absolute Gasteiger partial charge is 0.489 e. The lowest BCUT2D eigenvalue weighted by Gasteiger charge is -2.06. The zero-order valence-electron chi connectivity index (χ0n) is 9.13. The maximum absolute atomic E-state index is 5.65. The van der Waals surface area contributed by atoms with Crippen LogP contribution >= 0.6 is 0 Å². The highest BCUT2D eigenvalue weighted by molar-refractivity contribution is 5.44. The third-order valence-corrected chi connectivity index (χ3v) is 2.21. The first-order valence-corrected chi connectivity index (χ1v) is 5.06. The summed E-state index contributed by atoms with van der Waals surface area (Å²) in [6.07, 6.45) is 6.25. The molecule has 5 heteroatoms. The molecule has 2 aromatic rings. The van der Waals surface area contributed by atoms with Gasteiger partial charge in [0.15, 0.2) is 11.6 Å². The number of hydrogen-bond acceptors (Lipinski definition) is 4. The van der Waals surface area contributed by atoms with Crippen LogP contribution in [0.3, 0.4) is 0 Å². The minimum Gasteiger partial charge on any atom is -0.489 e. The van der Waals surface area contributed by atoms with Crippen molar-refractivity contribution in [3.05, 3.63) is 36.3 Å². The number of ether oxygens (including phenoxy) is 1. The quantitative estimate of drug-likeness (QED) is 0.832. The molecule has 0 unspecified atom stereocenters. The van der Waals surface area contributed by atoms with E-state index in [1.807, 2.05) is 25.5 Å². The second-order valence-electron chi connectivity index (χ2n) is 3.51. The highest BCUT2D eigenvalue weighted by atomic mass is 16.5. The van der Waals surface area contributed by atoms with Crippen LogP contribution in [0.1, 0.15) is 5.56 Å². The van der Waals surface area contributed by atoms with E-state index in [0.29, 0.717) is 18.2 Å². The van der Waals surface area contributed by atoms with Crippen LogP contribution in [-0.4, -0.2) is 21.4 Å². The van der Waals surface area contributed by atoms with Gasteiger partial charge in [0.1, 0.15) is 0 Å². The predicted octanol–water partition coefficient (Wildman–Crippen LogP) is 1.02. The first-order chi connectivity index (χ1) is 7.75. The van der Waals surface area contributed by atoms with E-state index in [0.717, 1.165) is 12.0 Å². The first kappa shape index (κ1) is 10.5. The Morgan fingerprint density at radius 3 is 3.06 bits per heavy atom. The van der Waals surface area contributed by atoms with Crippen molar-refractivity contribution in [3.8, 4) is 5.75 Å². The van der Waals surface area contributed by atoms with Crippen molar-refractivity contribution in [2.75, 3.05) is 12.3 Å². The number of hydrogen-bond donors (Lipinski definition) is 1. The fraction of sp³-hybridized carbons (Fsp3) is 0.273. The molecule has 2 N–H and O–H groups in total. The van der Waals surface area contributed by atoms with Crippen LogP contribution in [0.5, 0.6) is 5.75 Å². The molecule has 2 aromatic heterocycles. The van der Waals surface area contributed by atoms with Gasteiger partial charge in [0.25, 0.3) is 0 Å². The fourth-order valence-corrected chi connectivity index (χ4v) is 1.40. The van der Waals surface area contributed by atoms with Crippen LogP contribution in [0.25, 0.3) is 0 Å². The van der Waals surface area contributed by atoms with Crippen LogP contribution in [0.2, 0.25) is 0 Å². The number of pyridine rings is 1. The van der Waals surface area contributed by atoms with Gasteiger partial charge in [-0.05, 0) is 17.7 Å². The fourth-order valence-electron chi connectivity index (χ4n) is 1.40. The average molecular weight is 218 g/mol. The molecule has 0 spiro atoms. The lowest BCUT2D eigenvalue weighted by atomic mass is 10.3. The van der Waals surface area contributed by atoms with Crippen molar-refractivity contribution in [1.82, 2.24) is 14.8 Å². The Bertz CT molecular complexity index is 467. The standard InChI is InChI=1S/C11H14N4O/c1-15-8-9(7-14-15)4-6-16-10-3-2-5-13-11(10)12/h2-3,5,7-8H,4,6H2,1H3,(H2,12,13). The van der Waals surface area contributed by atoms with Gasteiger partial charge in [-0.2, -0.15) is 5.10 Å². The van der Waals surface area contributed by atoms with Crippen LogP contribution in [0, 0.1) is 0 Å². The monoisotopic (exact) mass is 218 g/mol. The minimum atomic E-state index is 0.425. The summed E-state index contributed by atoms with van der Waals surface area (Å²) in [5.41, 5.74) is 6.80. The first-order valence-electron chi connectivity index (χ1n) is 5.06. The lowest BCUT2D eigenvalue weighted by Crippen LogP contribution is -2.03. The number of aromatic nitrogens is 3. The predicted molar refractivity (Wildman–Crippen MR) is 61.1 cm³/mol. The highest BCUT2D eigenvalue weighted by Gasteiger charge is 2.01. The summed E-state index contributed by atoms with van der Waals surface area (Å²) in [5, 5.41) is 4.08. The normalized spacial score (nSPS) is 10.3. The van der Waals surface area contributed by atoms with Crippen molar-refractivity contribution >= 4 is 5.82 Å². The van der Waals surface area contributed by atoms with E-state index in [9.17, 15) is 0 Å². The SMILES string of the molecule is Cn1cc(CCOc2cccnc2N)cn1. The van der Waals surface area contributed by atoms with Crippen LogP contribution < -0.4 is 10.5 Å². The van der Waals surface area contributed by atoms with E-state index < -0.39 is 0 Å². The van der Waals surface area contributed by atoms with Gasteiger partial charge >= 0.3 is 0 Å². The maximum Gasteiger partial charge on any atom is 0.166 e. The van der Waals surface area contributed by atoms with Gasteiger partial charge in [0.2, 0.25) is 0 Å². The molecular formula is C11H14N4O. The molecule has 0 saturated carbocycles. The molecule has 0 aromatic carbocycles. The third-order valence-electron chi connectivity index (χ3n) is 2.21. The Balaban J connectivity index is 1.87. The van der Waals surface area contributed by atoms with Gasteiger partial charge in [-0.15, -0.1) is 0 Å². The Morgan fingerprint density at radius 2 is 2.38 bits per heavy atom. The highest BCUT2D eigenvalue weighted by Crippen LogP contribution is 2.16. The lowest BCUT2D eigenvalue weighted by molar-refractivity contribution is 0.322. The van der Waals surface area contributed by atoms with Crippen molar-refractivity contribution in [2.45, 2.75) is 6.42 Å². The molecule has 0 aliphatic carbocycles. The molecule has 0 atom stereocenters. The van der Waals surface area contributed by atoms with Crippen LogP contribution in [-0.2, 0) is 13.5 Å². The molecule has 5 nitrogen and oxygen atoms in total. The summed E-state index contributed by atoms with van der Waals surface area (Å²) in [4.78, 5) is 3.95. The van der Waals surface area contributed by atoms with Crippen LogP contribution in [0.4, 0.5) is 5.82 Å². The Morgan fingerprint density at radius 1 is 1.50 bits per heavy atom. The molecule has 0 aliphatic heterocycles. The number of nitrogens with two attached hydrogens (primary N) is 1. The Hall–Kier alpha value is -2.04. The summed E-state index contributed by atoms with van der Waals surface area (Å²) >= 11 is 0. The molecule has 2 heterocycles. The van der Waals surface area contributed by atoms with Gasteiger partial charge in [0.05, 0.1) is 12.8 Å². The van der Waals surface area contributed by atoms with Gasteiger partial charge in [0, 0.05) is 25.9 Å². The molecule has 0 amide bonds. The number of nitrogens with zero attached hydrogens (tertiary/aromatic N) is 3. The number of rotatable bonds is 4. The van der Waals surface area contributed by atoms with E-state index in [1.54, 1.807) is 16.9 Å². The van der Waals surface area contributed by atoms with Gasteiger partial charge in [-0.25, -0.2) is 4.98 Å². The molecule has 0 fully saturated rings. The summed E-state index contributed by atoms with van der Waals surface area (Å²) in [5.74, 6) is 1.06. The van der Waals surface area contributed by atoms with Gasteiger partial charge in [-0.3, -0.25) is 4.68 Å². The summed E-state index contributed by atoms with van der Waals surface area (Å²) in [6, 6.07) is 3.61. The second-order valence-corrected chi connectivity index (χ2v) is 3.51. The van der Waals surface area contributed by atoms with Crippen LogP contribution in [0.15, 0.2) is 30.7 Å². The molecule has 0 bridgehead atoms. The molecule has 84 valence electrons. The second kappa shape index (κ2) is 4.65. The van der Waals surface area contributed by atoms with Gasteiger partial charge in [-0.1, -0.05) is 0 Å². The van der Waals surface area contributed by atoms with Crippen molar-refractivity contribution in [1.29, 1.82) is 0 Å².